The number of halogens is 2. The normalized spacial score (nSPS) is 15.8. The highest BCUT2D eigenvalue weighted by Crippen LogP contribution is 2.51. The second-order valence-corrected chi connectivity index (χ2v) is 7.50. The van der Waals surface area contributed by atoms with E-state index in [2.05, 4.69) is 36.8 Å². The predicted octanol–water partition coefficient (Wildman–Crippen LogP) is 5.58. The fourth-order valence-electron chi connectivity index (χ4n) is 3.87. The minimum atomic E-state index is -0.859. The van der Waals surface area contributed by atoms with E-state index < -0.39 is 11.6 Å². The van der Waals surface area contributed by atoms with Gasteiger partial charge in [-0.3, -0.25) is 0 Å². The molecule has 2 nitrogen and oxygen atoms in total. The van der Waals surface area contributed by atoms with Crippen LogP contribution in [0.4, 0.5) is 8.78 Å². The topological polar surface area (TPSA) is 25.8 Å². The number of aromatic nitrogens is 2. The maximum Gasteiger partial charge on any atom is 0.168 e. The third-order valence-corrected chi connectivity index (χ3v) is 4.82. The van der Waals surface area contributed by atoms with Gasteiger partial charge >= 0.3 is 0 Å². The van der Waals surface area contributed by atoms with Crippen LogP contribution in [-0.2, 0) is 0 Å². The Morgan fingerprint density at radius 3 is 2.44 bits per heavy atom. The lowest BCUT2D eigenvalue weighted by Gasteiger charge is -2.33. The molecule has 4 heteroatoms. The fourth-order valence-corrected chi connectivity index (χ4v) is 3.87. The number of rotatable bonds is 0. The smallest absolute Gasteiger partial charge is 0.168 e. The predicted molar refractivity (Wildman–Crippen MR) is 94.1 cm³/mol. The average Bonchev–Trinajstić information content (AvgIpc) is 2.70. The van der Waals surface area contributed by atoms with Gasteiger partial charge in [0.2, 0.25) is 0 Å². The van der Waals surface area contributed by atoms with E-state index in [1.165, 1.54) is 12.4 Å². The molecule has 0 amide bonds. The Morgan fingerprint density at radius 1 is 0.920 bits per heavy atom. The van der Waals surface area contributed by atoms with Crippen molar-refractivity contribution in [2.45, 2.75) is 26.7 Å². The van der Waals surface area contributed by atoms with Gasteiger partial charge in [0, 0.05) is 23.2 Å². The molecule has 1 aliphatic carbocycles. The Balaban J connectivity index is 2.21. The third-order valence-electron chi connectivity index (χ3n) is 4.82. The van der Waals surface area contributed by atoms with Crippen LogP contribution in [0, 0.1) is 17.0 Å². The van der Waals surface area contributed by atoms with Gasteiger partial charge in [0.05, 0.1) is 5.69 Å². The first-order valence-electron chi connectivity index (χ1n) is 8.27. The van der Waals surface area contributed by atoms with Crippen molar-refractivity contribution in [2.75, 3.05) is 0 Å². The SMILES string of the molecule is CC(C)(C)C1c2ccccc2-c2cncnc2-c2c1ccc(F)c2F. The number of benzene rings is 2. The molecular formula is C21H18F2N2. The van der Waals surface area contributed by atoms with E-state index in [1.54, 1.807) is 12.3 Å². The maximum atomic E-state index is 14.9. The number of nitrogens with zero attached hydrogens (tertiary/aromatic N) is 2. The van der Waals surface area contributed by atoms with Crippen molar-refractivity contribution in [2.24, 2.45) is 5.41 Å². The molecule has 0 radical (unpaired) electrons. The van der Waals surface area contributed by atoms with Gasteiger partial charge in [-0.25, -0.2) is 18.7 Å². The number of hydrogen-bond donors (Lipinski definition) is 0. The summed E-state index contributed by atoms with van der Waals surface area (Å²) in [6.07, 6.45) is 3.06. The van der Waals surface area contributed by atoms with Crippen molar-refractivity contribution < 1.29 is 8.78 Å². The van der Waals surface area contributed by atoms with Crippen molar-refractivity contribution >= 4 is 0 Å². The van der Waals surface area contributed by atoms with Gasteiger partial charge in [-0.1, -0.05) is 51.1 Å². The molecule has 1 unspecified atom stereocenters. The lowest BCUT2D eigenvalue weighted by molar-refractivity contribution is 0.358. The van der Waals surface area contributed by atoms with Gasteiger partial charge in [0.1, 0.15) is 6.33 Å². The van der Waals surface area contributed by atoms with Crippen molar-refractivity contribution in [3.63, 3.8) is 0 Å². The zero-order valence-corrected chi connectivity index (χ0v) is 14.3. The van der Waals surface area contributed by atoms with E-state index in [0.29, 0.717) is 5.69 Å². The molecular weight excluding hydrogens is 318 g/mol. The van der Waals surface area contributed by atoms with Crippen LogP contribution >= 0.6 is 0 Å². The zero-order chi connectivity index (χ0) is 17.8. The van der Waals surface area contributed by atoms with E-state index in [0.717, 1.165) is 22.3 Å². The second-order valence-electron chi connectivity index (χ2n) is 7.50. The first-order chi connectivity index (χ1) is 11.9. The third kappa shape index (κ3) is 2.36. The van der Waals surface area contributed by atoms with Crippen LogP contribution in [0.25, 0.3) is 22.4 Å². The monoisotopic (exact) mass is 336 g/mol. The molecule has 1 heterocycles. The van der Waals surface area contributed by atoms with E-state index in [4.69, 9.17) is 0 Å². The molecule has 126 valence electrons. The Kier molecular flexibility index (Phi) is 3.46. The molecule has 0 aliphatic heterocycles. The van der Waals surface area contributed by atoms with Crippen LogP contribution in [0.3, 0.4) is 0 Å². The number of hydrogen-bond acceptors (Lipinski definition) is 2. The Labute approximate surface area is 145 Å². The van der Waals surface area contributed by atoms with Crippen LogP contribution in [-0.4, -0.2) is 9.97 Å². The summed E-state index contributed by atoms with van der Waals surface area (Å²) in [6, 6.07) is 10.9. The molecule has 25 heavy (non-hydrogen) atoms. The molecule has 1 aliphatic rings. The Bertz CT molecular complexity index is 974. The first-order valence-corrected chi connectivity index (χ1v) is 8.27. The quantitative estimate of drug-likeness (QED) is 0.535. The maximum absolute atomic E-state index is 14.9. The van der Waals surface area contributed by atoms with Crippen molar-refractivity contribution in [1.82, 2.24) is 9.97 Å². The summed E-state index contributed by atoms with van der Waals surface area (Å²) >= 11 is 0. The van der Waals surface area contributed by atoms with Gasteiger partial charge in [-0.2, -0.15) is 0 Å². The van der Waals surface area contributed by atoms with Crippen molar-refractivity contribution in [3.05, 3.63) is 71.7 Å². The molecule has 4 rings (SSSR count). The summed E-state index contributed by atoms with van der Waals surface area (Å²) in [4.78, 5) is 8.44. The molecule has 0 saturated carbocycles. The van der Waals surface area contributed by atoms with Crippen molar-refractivity contribution in [3.8, 4) is 22.4 Å². The highest BCUT2D eigenvalue weighted by atomic mass is 19.2. The first kappa shape index (κ1) is 15.9. The van der Waals surface area contributed by atoms with Crippen LogP contribution in [0.2, 0.25) is 0 Å². The van der Waals surface area contributed by atoms with E-state index in [-0.39, 0.29) is 16.9 Å². The molecule has 1 aromatic heterocycles. The van der Waals surface area contributed by atoms with Gasteiger partial charge in [0.15, 0.2) is 11.6 Å². The molecule has 0 spiro atoms. The summed E-state index contributed by atoms with van der Waals surface area (Å²) in [5, 5.41) is 0. The molecule has 0 fully saturated rings. The van der Waals surface area contributed by atoms with Crippen LogP contribution in [0.5, 0.6) is 0 Å². The average molecular weight is 336 g/mol. The van der Waals surface area contributed by atoms with Crippen LogP contribution in [0.1, 0.15) is 37.8 Å². The lowest BCUT2D eigenvalue weighted by atomic mass is 9.71. The van der Waals surface area contributed by atoms with E-state index in [1.807, 2.05) is 18.2 Å². The minimum absolute atomic E-state index is 0.0944. The largest absolute Gasteiger partial charge is 0.244 e. The summed E-state index contributed by atoms with van der Waals surface area (Å²) < 4.78 is 29.0. The lowest BCUT2D eigenvalue weighted by Crippen LogP contribution is -2.20. The molecule has 0 bridgehead atoms. The van der Waals surface area contributed by atoms with Gasteiger partial charge in [-0.05, 0) is 28.2 Å². The van der Waals surface area contributed by atoms with Gasteiger partial charge in [-0.15, -0.1) is 0 Å². The summed E-state index contributed by atoms with van der Waals surface area (Å²) in [6.45, 7) is 6.34. The second kappa shape index (κ2) is 5.45. The summed E-state index contributed by atoms with van der Waals surface area (Å²) in [7, 11) is 0. The summed E-state index contributed by atoms with van der Waals surface area (Å²) in [5.41, 5.74) is 4.04. The van der Waals surface area contributed by atoms with Crippen LogP contribution in [0.15, 0.2) is 48.9 Å². The van der Waals surface area contributed by atoms with Crippen molar-refractivity contribution in [1.29, 1.82) is 0 Å². The molecule has 3 aromatic rings. The minimum Gasteiger partial charge on any atom is -0.244 e. The van der Waals surface area contributed by atoms with Gasteiger partial charge < -0.3 is 0 Å². The molecule has 1 atom stereocenters. The van der Waals surface area contributed by atoms with E-state index in [9.17, 15) is 8.78 Å². The highest BCUT2D eigenvalue weighted by molar-refractivity contribution is 5.87. The number of fused-ring (bicyclic) bond motifs is 5. The summed E-state index contributed by atoms with van der Waals surface area (Å²) in [5.74, 6) is -1.80. The fraction of sp³-hybridized carbons (Fsp3) is 0.238. The molecule has 0 saturated heterocycles. The van der Waals surface area contributed by atoms with Gasteiger partial charge in [0.25, 0.3) is 0 Å². The highest BCUT2D eigenvalue weighted by Gasteiger charge is 2.37. The standard InChI is InChI=1S/C21H18F2N2/c1-21(2,3)18-13-7-5-4-6-12(13)15-10-24-11-25-20(15)17-14(18)8-9-16(22)19(17)23/h4-11,18H,1-3H3. The molecule has 2 aromatic carbocycles. The van der Waals surface area contributed by atoms with E-state index >= 15 is 0 Å². The Hall–Kier alpha value is -2.62. The zero-order valence-electron chi connectivity index (χ0n) is 14.3. The Morgan fingerprint density at radius 2 is 1.68 bits per heavy atom. The van der Waals surface area contributed by atoms with Crippen LogP contribution < -0.4 is 0 Å². The molecule has 0 N–H and O–H groups in total.